The lowest BCUT2D eigenvalue weighted by Crippen LogP contribution is -2.54. The lowest BCUT2D eigenvalue weighted by molar-refractivity contribution is -0.143. The largest absolute Gasteiger partial charge is 0.480 e. The number of nitrogens with zero attached hydrogens (tertiary/aromatic N) is 1. The fourth-order valence-electron chi connectivity index (χ4n) is 2.28. The lowest BCUT2D eigenvalue weighted by Gasteiger charge is -2.20. The molecule has 0 aromatic carbocycles. The van der Waals surface area contributed by atoms with Crippen LogP contribution < -0.4 is 44.6 Å². The maximum atomic E-state index is 12.3. The van der Waals surface area contributed by atoms with E-state index in [0.29, 0.717) is 6.42 Å². The summed E-state index contributed by atoms with van der Waals surface area (Å²) >= 11 is 0. The van der Waals surface area contributed by atoms with E-state index in [1.54, 1.807) is 0 Å². The van der Waals surface area contributed by atoms with Gasteiger partial charge in [0.15, 0.2) is 5.96 Å². The van der Waals surface area contributed by atoms with Crippen molar-refractivity contribution in [2.75, 3.05) is 13.1 Å². The zero-order chi connectivity index (χ0) is 24.8. The minimum atomic E-state index is -1.59. The molecule has 32 heavy (non-hydrogen) atoms. The minimum Gasteiger partial charge on any atom is -0.480 e. The van der Waals surface area contributed by atoms with Gasteiger partial charge >= 0.3 is 5.97 Å². The standard InChI is InChI=1S/C16H29N9O7/c17-7(2-1-3-22-16(20)21)13(29)25-8(4-10(18)26)14(30)23-6-12(28)24-9(15(31)32)5-11(19)27/h7-9H,1-6,17H2,(H2,18,26)(H2,19,27)(H,23,30)(H,24,28)(H,25,29)(H,31,32)(H4,20,21,22). The number of carboxylic acid groups (broad SMARTS) is 1. The second-order valence-electron chi connectivity index (χ2n) is 6.63. The summed E-state index contributed by atoms with van der Waals surface area (Å²) in [4.78, 5) is 73.1. The van der Waals surface area contributed by atoms with Gasteiger partial charge in [-0.1, -0.05) is 0 Å². The molecule has 0 saturated carbocycles. The van der Waals surface area contributed by atoms with Gasteiger partial charge in [-0.05, 0) is 12.8 Å². The number of hydrogen-bond donors (Lipinski definition) is 9. The summed E-state index contributed by atoms with van der Waals surface area (Å²) in [6.07, 6.45) is -0.697. The Morgan fingerprint density at radius 1 is 0.844 bits per heavy atom. The van der Waals surface area contributed by atoms with E-state index >= 15 is 0 Å². The molecule has 5 amide bonds. The molecule has 0 bridgehead atoms. The van der Waals surface area contributed by atoms with Gasteiger partial charge in [0.1, 0.15) is 12.1 Å². The van der Waals surface area contributed by atoms with Crippen LogP contribution in [0.3, 0.4) is 0 Å². The van der Waals surface area contributed by atoms with Crippen LogP contribution in [0.2, 0.25) is 0 Å². The van der Waals surface area contributed by atoms with Crippen LogP contribution in [0.15, 0.2) is 4.99 Å². The number of guanidine groups is 1. The van der Waals surface area contributed by atoms with Crippen molar-refractivity contribution in [3.63, 3.8) is 0 Å². The molecule has 0 aromatic rings. The lowest BCUT2D eigenvalue weighted by atomic mass is 10.1. The Kier molecular flexibility index (Phi) is 12.4. The van der Waals surface area contributed by atoms with E-state index in [-0.39, 0.29) is 18.9 Å². The third-order valence-electron chi connectivity index (χ3n) is 3.80. The van der Waals surface area contributed by atoms with Gasteiger partial charge in [0.05, 0.1) is 25.4 Å². The SMILES string of the molecule is NC(=O)CC(NC(=O)CNC(=O)C(CC(N)=O)NC(=O)C(N)CCCN=C(N)N)C(=O)O. The molecule has 16 nitrogen and oxygen atoms in total. The van der Waals surface area contributed by atoms with E-state index in [2.05, 4.69) is 15.6 Å². The molecule has 0 aliphatic rings. The third kappa shape index (κ3) is 12.6. The third-order valence-corrected chi connectivity index (χ3v) is 3.80. The van der Waals surface area contributed by atoms with E-state index in [1.807, 2.05) is 5.32 Å². The topological polar surface area (TPSA) is 301 Å². The molecular formula is C16H29N9O7. The minimum absolute atomic E-state index is 0.116. The van der Waals surface area contributed by atoms with Crippen molar-refractivity contribution < 1.29 is 33.9 Å². The van der Waals surface area contributed by atoms with E-state index in [0.717, 1.165) is 0 Å². The first-order chi connectivity index (χ1) is 14.8. The predicted octanol–water partition coefficient (Wildman–Crippen LogP) is -5.71. The van der Waals surface area contributed by atoms with Gasteiger partial charge in [-0.25, -0.2) is 4.79 Å². The summed E-state index contributed by atoms with van der Waals surface area (Å²) in [7, 11) is 0. The molecule has 0 aromatic heterocycles. The number of carbonyl (C=O) groups excluding carboxylic acids is 5. The normalized spacial score (nSPS) is 13.0. The number of aliphatic carboxylic acids is 1. The highest BCUT2D eigenvalue weighted by Gasteiger charge is 2.27. The van der Waals surface area contributed by atoms with E-state index in [4.69, 9.17) is 33.8 Å². The number of primary amides is 2. The summed E-state index contributed by atoms with van der Waals surface area (Å²) in [5.74, 6) is -6.14. The van der Waals surface area contributed by atoms with Crippen LogP contribution in [-0.2, 0) is 28.8 Å². The maximum absolute atomic E-state index is 12.3. The van der Waals surface area contributed by atoms with Crippen LogP contribution in [-0.4, -0.2) is 77.8 Å². The molecule has 0 rings (SSSR count). The van der Waals surface area contributed by atoms with Crippen molar-refractivity contribution >= 4 is 41.5 Å². The van der Waals surface area contributed by atoms with Gasteiger partial charge < -0.3 is 49.7 Å². The monoisotopic (exact) mass is 459 g/mol. The number of nitrogens with one attached hydrogen (secondary N) is 3. The molecule has 0 radical (unpaired) electrons. The van der Waals surface area contributed by atoms with Gasteiger partial charge in [-0.2, -0.15) is 0 Å². The molecule has 3 unspecified atom stereocenters. The first kappa shape index (κ1) is 28.0. The summed E-state index contributed by atoms with van der Waals surface area (Å²) in [5.41, 5.74) is 26.1. The zero-order valence-corrected chi connectivity index (χ0v) is 17.2. The Hall–Kier alpha value is -3.95. The van der Waals surface area contributed by atoms with Crippen molar-refractivity contribution in [3.8, 4) is 0 Å². The first-order valence-electron chi connectivity index (χ1n) is 9.31. The van der Waals surface area contributed by atoms with Crippen molar-refractivity contribution in [3.05, 3.63) is 0 Å². The Balaban J connectivity index is 4.83. The van der Waals surface area contributed by atoms with Crippen molar-refractivity contribution in [2.24, 2.45) is 33.7 Å². The Bertz CT molecular complexity index is 752. The van der Waals surface area contributed by atoms with Crippen molar-refractivity contribution in [1.82, 2.24) is 16.0 Å². The number of amides is 5. The average molecular weight is 459 g/mol. The number of nitrogens with two attached hydrogens (primary N) is 5. The van der Waals surface area contributed by atoms with Crippen LogP contribution >= 0.6 is 0 Å². The summed E-state index contributed by atoms with van der Waals surface area (Å²) in [6.45, 7) is -0.478. The average Bonchev–Trinajstić information content (AvgIpc) is 2.67. The summed E-state index contributed by atoms with van der Waals surface area (Å²) in [6, 6.07) is -4.06. The Morgan fingerprint density at radius 2 is 1.41 bits per heavy atom. The highest BCUT2D eigenvalue weighted by atomic mass is 16.4. The van der Waals surface area contributed by atoms with Crippen LogP contribution in [0.5, 0.6) is 0 Å². The predicted molar refractivity (Wildman–Crippen MR) is 110 cm³/mol. The second kappa shape index (κ2) is 14.1. The molecule has 0 heterocycles. The van der Waals surface area contributed by atoms with Crippen LogP contribution in [0, 0.1) is 0 Å². The molecule has 0 aliphatic heterocycles. The fourth-order valence-corrected chi connectivity index (χ4v) is 2.28. The van der Waals surface area contributed by atoms with Crippen LogP contribution in [0.1, 0.15) is 25.7 Å². The zero-order valence-electron chi connectivity index (χ0n) is 17.2. The highest BCUT2D eigenvalue weighted by molar-refractivity contribution is 5.95. The van der Waals surface area contributed by atoms with E-state index < -0.39 is 73.0 Å². The maximum Gasteiger partial charge on any atom is 0.326 e. The summed E-state index contributed by atoms with van der Waals surface area (Å²) < 4.78 is 0. The van der Waals surface area contributed by atoms with Crippen molar-refractivity contribution in [1.29, 1.82) is 0 Å². The van der Waals surface area contributed by atoms with Crippen LogP contribution in [0.4, 0.5) is 0 Å². The molecule has 14 N–H and O–H groups in total. The number of aliphatic imine (C=N–C) groups is 1. The molecule has 16 heteroatoms. The molecule has 0 aliphatic carbocycles. The smallest absolute Gasteiger partial charge is 0.326 e. The molecule has 0 saturated heterocycles. The second-order valence-corrected chi connectivity index (χ2v) is 6.63. The number of carbonyl (C=O) groups is 6. The van der Waals surface area contributed by atoms with Gasteiger partial charge in [0, 0.05) is 6.54 Å². The Labute approximate surface area is 182 Å². The fraction of sp³-hybridized carbons (Fsp3) is 0.562. The molecule has 0 spiro atoms. The van der Waals surface area contributed by atoms with Gasteiger partial charge in [-0.15, -0.1) is 0 Å². The number of carboxylic acids is 1. The van der Waals surface area contributed by atoms with Crippen LogP contribution in [0.25, 0.3) is 0 Å². The molecular weight excluding hydrogens is 430 g/mol. The van der Waals surface area contributed by atoms with Gasteiger partial charge in [0.2, 0.25) is 29.5 Å². The molecule has 3 atom stereocenters. The van der Waals surface area contributed by atoms with E-state index in [1.165, 1.54) is 0 Å². The molecule has 180 valence electrons. The van der Waals surface area contributed by atoms with Crippen molar-refractivity contribution in [2.45, 2.75) is 43.8 Å². The first-order valence-corrected chi connectivity index (χ1v) is 9.31. The quantitative estimate of drug-likeness (QED) is 0.0634. The number of hydrogen-bond acceptors (Lipinski definition) is 8. The molecule has 0 fully saturated rings. The highest BCUT2D eigenvalue weighted by Crippen LogP contribution is 1.99. The van der Waals surface area contributed by atoms with Gasteiger partial charge in [0.25, 0.3) is 0 Å². The summed E-state index contributed by atoms with van der Waals surface area (Å²) in [5, 5.41) is 15.3. The van der Waals surface area contributed by atoms with Gasteiger partial charge in [-0.3, -0.25) is 29.0 Å². The Morgan fingerprint density at radius 3 is 1.91 bits per heavy atom. The van der Waals surface area contributed by atoms with E-state index in [9.17, 15) is 28.8 Å². The number of rotatable bonds is 15.